The summed E-state index contributed by atoms with van der Waals surface area (Å²) < 4.78 is 7.12. The first kappa shape index (κ1) is 23.4. The normalized spacial score (nSPS) is 11.7. The predicted molar refractivity (Wildman–Crippen MR) is 121 cm³/mol. The first-order valence-electron chi connectivity index (χ1n) is 10.0. The van der Waals surface area contributed by atoms with Gasteiger partial charge in [0, 0.05) is 12.1 Å². The quantitative estimate of drug-likeness (QED) is 0.395. The van der Waals surface area contributed by atoms with Gasteiger partial charge in [0.25, 0.3) is 5.69 Å². The number of non-ortho nitro benzene ring substituents is 1. The molecular formula is C22H23N5O6. The largest absolute Gasteiger partial charge is 0.457 e. The standard InChI is InChI=1S/C22H23N5O6/c1-12-6-7-13(2)20(8-12)33-19-10-17(9-18(11-19)26(29)30)23-22(28)16(5)25-15(4)21(27(31)32)14(3)24-25/h6-11,16H,1-5H3,(H,23,28). The van der Waals surface area contributed by atoms with Gasteiger partial charge in [0.2, 0.25) is 5.91 Å². The van der Waals surface area contributed by atoms with Crippen LogP contribution in [0, 0.1) is 47.9 Å². The lowest BCUT2D eigenvalue weighted by molar-refractivity contribution is -0.386. The third-order valence-corrected chi connectivity index (χ3v) is 5.16. The zero-order chi connectivity index (χ0) is 24.4. The molecule has 2 aromatic carbocycles. The number of anilines is 1. The highest BCUT2D eigenvalue weighted by Crippen LogP contribution is 2.32. The molecule has 0 saturated carbocycles. The van der Waals surface area contributed by atoms with Crippen LogP contribution in [0.1, 0.15) is 35.5 Å². The van der Waals surface area contributed by atoms with Crippen LogP contribution in [0.25, 0.3) is 0 Å². The van der Waals surface area contributed by atoms with E-state index in [1.54, 1.807) is 0 Å². The lowest BCUT2D eigenvalue weighted by Gasteiger charge is -2.15. The molecule has 3 rings (SSSR count). The van der Waals surface area contributed by atoms with Gasteiger partial charge in [-0.15, -0.1) is 0 Å². The molecule has 1 heterocycles. The van der Waals surface area contributed by atoms with E-state index in [-0.39, 0.29) is 34.2 Å². The van der Waals surface area contributed by atoms with E-state index in [9.17, 15) is 25.0 Å². The number of hydrogen-bond donors (Lipinski definition) is 1. The van der Waals surface area contributed by atoms with Crippen molar-refractivity contribution in [3.63, 3.8) is 0 Å². The molecule has 0 radical (unpaired) electrons. The number of rotatable bonds is 7. The van der Waals surface area contributed by atoms with Crippen LogP contribution in [0.5, 0.6) is 11.5 Å². The van der Waals surface area contributed by atoms with Crippen molar-refractivity contribution in [1.82, 2.24) is 9.78 Å². The first-order chi connectivity index (χ1) is 15.5. The summed E-state index contributed by atoms with van der Waals surface area (Å²) in [6.45, 7) is 8.28. The van der Waals surface area contributed by atoms with Crippen molar-refractivity contribution < 1.29 is 19.4 Å². The van der Waals surface area contributed by atoms with Gasteiger partial charge in [0.1, 0.15) is 28.9 Å². The maximum Gasteiger partial charge on any atom is 0.312 e. The van der Waals surface area contributed by atoms with E-state index in [0.717, 1.165) is 11.1 Å². The Hall–Kier alpha value is -4.28. The molecule has 3 aromatic rings. The van der Waals surface area contributed by atoms with E-state index in [0.29, 0.717) is 5.75 Å². The molecule has 0 fully saturated rings. The summed E-state index contributed by atoms with van der Waals surface area (Å²) in [5.74, 6) is 0.174. The van der Waals surface area contributed by atoms with Crippen LogP contribution >= 0.6 is 0 Å². The highest BCUT2D eigenvalue weighted by molar-refractivity contribution is 5.94. The monoisotopic (exact) mass is 453 g/mol. The fourth-order valence-electron chi connectivity index (χ4n) is 3.42. The van der Waals surface area contributed by atoms with Gasteiger partial charge in [0.05, 0.1) is 21.6 Å². The second-order valence-electron chi connectivity index (χ2n) is 7.73. The third-order valence-electron chi connectivity index (χ3n) is 5.16. The van der Waals surface area contributed by atoms with Crippen molar-refractivity contribution in [2.45, 2.75) is 40.7 Å². The molecule has 0 aliphatic rings. The maximum absolute atomic E-state index is 12.9. The number of aryl methyl sites for hydroxylation is 3. The summed E-state index contributed by atoms with van der Waals surface area (Å²) in [5, 5.41) is 29.4. The highest BCUT2D eigenvalue weighted by Gasteiger charge is 2.27. The zero-order valence-corrected chi connectivity index (χ0v) is 18.8. The molecule has 1 N–H and O–H groups in total. The number of carbonyl (C=O) groups is 1. The first-order valence-corrected chi connectivity index (χ1v) is 10.0. The van der Waals surface area contributed by atoms with Crippen LogP contribution in [-0.4, -0.2) is 25.5 Å². The molecule has 11 nitrogen and oxygen atoms in total. The number of nitrogens with zero attached hydrogens (tertiary/aromatic N) is 4. The summed E-state index contributed by atoms with van der Waals surface area (Å²) in [4.78, 5) is 34.4. The second-order valence-corrected chi connectivity index (χ2v) is 7.73. The van der Waals surface area contributed by atoms with Gasteiger partial charge in [-0.3, -0.25) is 29.7 Å². The molecule has 33 heavy (non-hydrogen) atoms. The second kappa shape index (κ2) is 9.07. The summed E-state index contributed by atoms with van der Waals surface area (Å²) in [6.07, 6.45) is 0. The number of hydrogen-bond acceptors (Lipinski definition) is 7. The smallest absolute Gasteiger partial charge is 0.312 e. The van der Waals surface area contributed by atoms with Crippen LogP contribution in [0.2, 0.25) is 0 Å². The predicted octanol–water partition coefficient (Wildman–Crippen LogP) is 4.93. The van der Waals surface area contributed by atoms with Crippen LogP contribution < -0.4 is 10.1 Å². The average Bonchev–Trinajstić information content (AvgIpc) is 3.03. The van der Waals surface area contributed by atoms with E-state index < -0.39 is 21.8 Å². The van der Waals surface area contributed by atoms with Crippen LogP contribution in [0.3, 0.4) is 0 Å². The Balaban J connectivity index is 1.90. The molecule has 1 amide bonds. The van der Waals surface area contributed by atoms with Crippen LogP contribution in [0.4, 0.5) is 17.1 Å². The number of benzene rings is 2. The van der Waals surface area contributed by atoms with Crippen molar-refractivity contribution in [2.75, 3.05) is 5.32 Å². The van der Waals surface area contributed by atoms with Gasteiger partial charge in [-0.25, -0.2) is 0 Å². The summed E-state index contributed by atoms with van der Waals surface area (Å²) in [5.41, 5.74) is 1.96. The number of ether oxygens (including phenoxy) is 1. The highest BCUT2D eigenvalue weighted by atomic mass is 16.6. The molecular weight excluding hydrogens is 430 g/mol. The lowest BCUT2D eigenvalue weighted by Crippen LogP contribution is -2.25. The van der Waals surface area contributed by atoms with Crippen LogP contribution in [-0.2, 0) is 4.79 Å². The number of nitrogens with one attached hydrogen (secondary N) is 1. The fourth-order valence-corrected chi connectivity index (χ4v) is 3.42. The molecule has 1 unspecified atom stereocenters. The molecule has 172 valence electrons. The molecule has 1 atom stereocenters. The molecule has 11 heteroatoms. The van der Waals surface area contributed by atoms with Crippen LogP contribution in [0.15, 0.2) is 36.4 Å². The van der Waals surface area contributed by atoms with Crippen molar-refractivity contribution in [2.24, 2.45) is 0 Å². The number of nitro benzene ring substituents is 1. The van der Waals surface area contributed by atoms with Crippen molar-refractivity contribution in [3.8, 4) is 11.5 Å². The minimum Gasteiger partial charge on any atom is -0.457 e. The fraction of sp³-hybridized carbons (Fsp3) is 0.273. The Morgan fingerprint density at radius 3 is 2.36 bits per heavy atom. The van der Waals surface area contributed by atoms with Crippen molar-refractivity contribution in [1.29, 1.82) is 0 Å². The van der Waals surface area contributed by atoms with E-state index in [1.807, 2.05) is 32.0 Å². The summed E-state index contributed by atoms with van der Waals surface area (Å²) in [6, 6.07) is 8.66. The lowest BCUT2D eigenvalue weighted by atomic mass is 10.1. The number of carbonyl (C=O) groups excluding carboxylic acids is 1. The topological polar surface area (TPSA) is 142 Å². The van der Waals surface area contributed by atoms with Gasteiger partial charge in [-0.1, -0.05) is 12.1 Å². The molecule has 1 aromatic heterocycles. The van der Waals surface area contributed by atoms with Gasteiger partial charge < -0.3 is 10.1 Å². The minimum absolute atomic E-state index is 0.150. The Morgan fingerprint density at radius 1 is 1.06 bits per heavy atom. The summed E-state index contributed by atoms with van der Waals surface area (Å²) in [7, 11) is 0. The van der Waals surface area contributed by atoms with E-state index in [4.69, 9.17) is 4.74 Å². The third kappa shape index (κ3) is 4.97. The number of aromatic nitrogens is 2. The molecule has 0 aliphatic carbocycles. The molecule has 0 saturated heterocycles. The van der Waals surface area contributed by atoms with E-state index >= 15 is 0 Å². The Bertz CT molecular complexity index is 1270. The van der Waals surface area contributed by atoms with Gasteiger partial charge in [-0.05, 0) is 51.8 Å². The maximum atomic E-state index is 12.9. The number of nitro groups is 2. The molecule has 0 spiro atoms. The summed E-state index contributed by atoms with van der Waals surface area (Å²) >= 11 is 0. The minimum atomic E-state index is -0.903. The SMILES string of the molecule is Cc1ccc(C)c(Oc2cc(NC(=O)C(C)n3nc(C)c([N+](=O)[O-])c3C)cc([N+](=O)[O-])c2)c1. The van der Waals surface area contributed by atoms with Crippen molar-refractivity contribution >= 4 is 23.0 Å². The number of amides is 1. The molecule has 0 aliphatic heterocycles. The molecule has 0 bridgehead atoms. The Kier molecular flexibility index (Phi) is 6.43. The van der Waals surface area contributed by atoms with Gasteiger partial charge in [0.15, 0.2) is 0 Å². The Labute approximate surface area is 189 Å². The van der Waals surface area contributed by atoms with E-state index in [2.05, 4.69) is 10.4 Å². The zero-order valence-electron chi connectivity index (χ0n) is 18.8. The Morgan fingerprint density at radius 2 is 1.76 bits per heavy atom. The van der Waals surface area contributed by atoms with Crippen molar-refractivity contribution in [3.05, 3.63) is 79.1 Å². The van der Waals surface area contributed by atoms with Gasteiger partial charge in [-0.2, -0.15) is 5.10 Å². The average molecular weight is 453 g/mol. The van der Waals surface area contributed by atoms with E-state index in [1.165, 1.54) is 43.7 Å². The van der Waals surface area contributed by atoms with Gasteiger partial charge >= 0.3 is 5.69 Å².